The normalized spacial score (nSPS) is 11.4. The number of hydrogen-bond donors (Lipinski definition) is 1. The maximum Gasteiger partial charge on any atom is 0.136 e. The van der Waals surface area contributed by atoms with E-state index in [1.54, 1.807) is 12.3 Å². The molecular formula is C23H16FN3S. The Labute approximate surface area is 166 Å². The van der Waals surface area contributed by atoms with Crippen LogP contribution in [0.4, 0.5) is 10.1 Å². The van der Waals surface area contributed by atoms with Gasteiger partial charge >= 0.3 is 0 Å². The summed E-state index contributed by atoms with van der Waals surface area (Å²) in [4.78, 5) is 4.62. The first-order valence-corrected chi connectivity index (χ1v) is 9.60. The van der Waals surface area contributed by atoms with Gasteiger partial charge in [0.15, 0.2) is 0 Å². The Kier molecular flexibility index (Phi) is 4.88. The lowest BCUT2D eigenvalue weighted by Crippen LogP contribution is -1.94. The summed E-state index contributed by atoms with van der Waals surface area (Å²) in [5.74, 6) is -0.326. The van der Waals surface area contributed by atoms with Crippen LogP contribution in [0, 0.1) is 24.1 Å². The van der Waals surface area contributed by atoms with E-state index in [-0.39, 0.29) is 5.82 Å². The Morgan fingerprint density at radius 3 is 2.75 bits per heavy atom. The van der Waals surface area contributed by atoms with Gasteiger partial charge in [0, 0.05) is 22.8 Å². The zero-order valence-electron chi connectivity index (χ0n) is 15.1. The van der Waals surface area contributed by atoms with Crippen molar-refractivity contribution >= 4 is 33.4 Å². The fourth-order valence-corrected chi connectivity index (χ4v) is 3.71. The summed E-state index contributed by atoms with van der Waals surface area (Å²) in [6.07, 6.45) is 1.57. The van der Waals surface area contributed by atoms with Gasteiger partial charge in [-0.3, -0.25) is 0 Å². The molecule has 0 aliphatic heterocycles. The van der Waals surface area contributed by atoms with Gasteiger partial charge in [-0.1, -0.05) is 42.5 Å². The van der Waals surface area contributed by atoms with Crippen molar-refractivity contribution in [2.75, 3.05) is 5.32 Å². The monoisotopic (exact) mass is 385 g/mol. The van der Waals surface area contributed by atoms with Crippen LogP contribution in [0.3, 0.4) is 0 Å². The average Bonchev–Trinajstić information content (AvgIpc) is 3.20. The molecule has 0 spiro atoms. The van der Waals surface area contributed by atoms with Crippen LogP contribution in [0.25, 0.3) is 27.6 Å². The summed E-state index contributed by atoms with van der Waals surface area (Å²) in [7, 11) is 0. The number of aryl methyl sites for hydroxylation is 1. The standard InChI is InChI=1S/C23H16FN3S/c1-15-6-9-20(24)11-21(15)26-13-19(12-25)23-27-22(14-28-23)18-8-7-16-4-2-3-5-17(16)10-18/h2-11,13-14,26H,1H3/b19-13+. The molecule has 0 atom stereocenters. The summed E-state index contributed by atoms with van der Waals surface area (Å²) in [6, 6.07) is 21.0. The molecule has 0 saturated heterocycles. The van der Waals surface area contributed by atoms with E-state index in [4.69, 9.17) is 0 Å². The number of hydrogen-bond acceptors (Lipinski definition) is 4. The van der Waals surface area contributed by atoms with Crippen molar-refractivity contribution < 1.29 is 4.39 Å². The number of anilines is 1. The Balaban J connectivity index is 1.62. The second-order valence-electron chi connectivity index (χ2n) is 6.37. The molecule has 0 aliphatic carbocycles. The lowest BCUT2D eigenvalue weighted by molar-refractivity contribution is 0.628. The molecule has 1 heterocycles. The van der Waals surface area contributed by atoms with Gasteiger partial charge in [-0.05, 0) is 41.5 Å². The van der Waals surface area contributed by atoms with Crippen molar-refractivity contribution in [3.8, 4) is 17.3 Å². The van der Waals surface area contributed by atoms with Gasteiger partial charge in [0.25, 0.3) is 0 Å². The number of halogens is 1. The number of fused-ring (bicyclic) bond motifs is 1. The van der Waals surface area contributed by atoms with Gasteiger partial charge in [0.2, 0.25) is 0 Å². The number of thiazole rings is 1. The van der Waals surface area contributed by atoms with Crippen LogP contribution < -0.4 is 5.32 Å². The second kappa shape index (κ2) is 7.63. The van der Waals surface area contributed by atoms with Gasteiger partial charge in [0.05, 0.1) is 5.69 Å². The highest BCUT2D eigenvalue weighted by atomic mass is 32.1. The van der Waals surface area contributed by atoms with Gasteiger partial charge in [-0.2, -0.15) is 5.26 Å². The first-order chi connectivity index (χ1) is 13.6. The lowest BCUT2D eigenvalue weighted by Gasteiger charge is -2.05. The zero-order valence-corrected chi connectivity index (χ0v) is 15.9. The van der Waals surface area contributed by atoms with Crippen LogP contribution in [0.15, 0.2) is 72.2 Å². The molecule has 0 saturated carbocycles. The van der Waals surface area contributed by atoms with E-state index < -0.39 is 0 Å². The van der Waals surface area contributed by atoms with Crippen molar-refractivity contribution in [2.24, 2.45) is 0 Å². The van der Waals surface area contributed by atoms with E-state index in [0.29, 0.717) is 16.3 Å². The quantitative estimate of drug-likeness (QED) is 0.414. The molecule has 136 valence electrons. The predicted molar refractivity (Wildman–Crippen MR) is 113 cm³/mol. The molecule has 0 unspecified atom stereocenters. The smallest absolute Gasteiger partial charge is 0.136 e. The molecule has 0 radical (unpaired) electrons. The zero-order chi connectivity index (χ0) is 19.5. The first kappa shape index (κ1) is 17.9. The van der Waals surface area contributed by atoms with Crippen molar-refractivity contribution in [3.05, 3.63) is 88.6 Å². The van der Waals surface area contributed by atoms with Crippen LogP contribution in [0.1, 0.15) is 10.6 Å². The van der Waals surface area contributed by atoms with Crippen molar-refractivity contribution in [1.82, 2.24) is 4.98 Å². The van der Waals surface area contributed by atoms with E-state index in [1.807, 2.05) is 30.5 Å². The minimum absolute atomic E-state index is 0.326. The van der Waals surface area contributed by atoms with Crippen LogP contribution in [-0.4, -0.2) is 4.98 Å². The number of nitrogens with one attached hydrogen (secondary N) is 1. The number of benzene rings is 3. The minimum Gasteiger partial charge on any atom is -0.360 e. The maximum atomic E-state index is 13.4. The molecular weight excluding hydrogens is 369 g/mol. The Bertz CT molecular complexity index is 1230. The van der Waals surface area contributed by atoms with Gasteiger partial charge in [-0.15, -0.1) is 11.3 Å². The molecule has 4 rings (SSSR count). The number of aromatic nitrogens is 1. The second-order valence-corrected chi connectivity index (χ2v) is 7.23. The highest BCUT2D eigenvalue weighted by molar-refractivity contribution is 7.11. The van der Waals surface area contributed by atoms with Crippen molar-refractivity contribution in [3.63, 3.8) is 0 Å². The maximum absolute atomic E-state index is 13.4. The van der Waals surface area contributed by atoms with E-state index in [9.17, 15) is 9.65 Å². The molecule has 5 heteroatoms. The summed E-state index contributed by atoms with van der Waals surface area (Å²) in [6.45, 7) is 1.88. The Morgan fingerprint density at radius 2 is 1.93 bits per heavy atom. The Morgan fingerprint density at radius 1 is 1.11 bits per heavy atom. The molecule has 0 fully saturated rings. The summed E-state index contributed by atoms with van der Waals surface area (Å²) in [5, 5.41) is 17.4. The summed E-state index contributed by atoms with van der Waals surface area (Å²) >= 11 is 1.41. The topological polar surface area (TPSA) is 48.7 Å². The van der Waals surface area contributed by atoms with Crippen LogP contribution in [0.5, 0.6) is 0 Å². The van der Waals surface area contributed by atoms with Crippen molar-refractivity contribution in [1.29, 1.82) is 5.26 Å². The number of rotatable bonds is 4. The molecule has 0 aliphatic rings. The molecule has 1 N–H and O–H groups in total. The van der Waals surface area contributed by atoms with Gasteiger partial charge < -0.3 is 5.32 Å². The minimum atomic E-state index is -0.326. The largest absolute Gasteiger partial charge is 0.360 e. The average molecular weight is 385 g/mol. The highest BCUT2D eigenvalue weighted by Gasteiger charge is 2.10. The van der Waals surface area contributed by atoms with Gasteiger partial charge in [-0.25, -0.2) is 9.37 Å². The molecule has 0 bridgehead atoms. The SMILES string of the molecule is Cc1ccc(F)cc1N/C=C(\C#N)c1nc(-c2ccc3ccccc3c2)cs1. The molecule has 28 heavy (non-hydrogen) atoms. The van der Waals surface area contributed by atoms with Crippen molar-refractivity contribution in [2.45, 2.75) is 6.92 Å². The van der Waals surface area contributed by atoms with Crippen LogP contribution in [-0.2, 0) is 0 Å². The van der Waals surface area contributed by atoms with E-state index >= 15 is 0 Å². The van der Waals surface area contributed by atoms with E-state index in [2.05, 4.69) is 40.6 Å². The number of nitriles is 1. The number of nitrogens with zero attached hydrogens (tertiary/aromatic N) is 2. The highest BCUT2D eigenvalue weighted by Crippen LogP contribution is 2.28. The molecule has 3 aromatic carbocycles. The predicted octanol–water partition coefficient (Wildman–Crippen LogP) is 6.39. The third-order valence-electron chi connectivity index (χ3n) is 4.47. The van der Waals surface area contributed by atoms with E-state index in [1.165, 1.54) is 28.9 Å². The first-order valence-electron chi connectivity index (χ1n) is 8.72. The fraction of sp³-hybridized carbons (Fsp3) is 0.0435. The lowest BCUT2D eigenvalue weighted by atomic mass is 10.1. The third-order valence-corrected chi connectivity index (χ3v) is 5.35. The molecule has 0 amide bonds. The summed E-state index contributed by atoms with van der Waals surface area (Å²) in [5.41, 5.74) is 3.76. The Hall–Kier alpha value is -3.49. The van der Waals surface area contributed by atoms with Crippen LogP contribution >= 0.6 is 11.3 Å². The van der Waals surface area contributed by atoms with Gasteiger partial charge in [0.1, 0.15) is 22.5 Å². The molecule has 4 aromatic rings. The number of allylic oxidation sites excluding steroid dienone is 1. The molecule has 1 aromatic heterocycles. The van der Waals surface area contributed by atoms with Crippen LogP contribution in [0.2, 0.25) is 0 Å². The fourth-order valence-electron chi connectivity index (χ4n) is 2.92. The summed E-state index contributed by atoms with van der Waals surface area (Å²) < 4.78 is 13.4. The third kappa shape index (κ3) is 3.64. The molecule has 3 nitrogen and oxygen atoms in total. The van der Waals surface area contributed by atoms with E-state index in [0.717, 1.165) is 22.2 Å².